The second-order valence-corrected chi connectivity index (χ2v) is 6.19. The van der Waals surface area contributed by atoms with Crippen LogP contribution in [0.2, 0.25) is 5.02 Å². The van der Waals surface area contributed by atoms with Crippen molar-refractivity contribution in [2.75, 3.05) is 5.32 Å². The van der Waals surface area contributed by atoms with E-state index in [1.54, 1.807) is 12.1 Å². The van der Waals surface area contributed by atoms with Gasteiger partial charge in [-0.15, -0.1) is 0 Å². The molecule has 0 aromatic heterocycles. The highest BCUT2D eigenvalue weighted by atomic mass is 35.5. The van der Waals surface area contributed by atoms with Crippen molar-refractivity contribution in [3.05, 3.63) is 64.9 Å². The molecule has 2 aromatic carbocycles. The van der Waals surface area contributed by atoms with E-state index in [2.05, 4.69) is 5.32 Å². The van der Waals surface area contributed by atoms with Gasteiger partial charge in [-0.2, -0.15) is 0 Å². The van der Waals surface area contributed by atoms with Gasteiger partial charge in [0.05, 0.1) is 5.41 Å². The average Bonchev–Trinajstić information content (AvgIpc) is 3.01. The van der Waals surface area contributed by atoms with Crippen LogP contribution in [0.3, 0.4) is 0 Å². The van der Waals surface area contributed by atoms with Gasteiger partial charge in [0.25, 0.3) is 0 Å². The van der Waals surface area contributed by atoms with Gasteiger partial charge in [-0.1, -0.05) is 36.6 Å². The Hall–Kier alpha value is -1.87. The molecule has 1 aliphatic rings. The highest BCUT2D eigenvalue weighted by Gasteiger charge is 2.42. The summed E-state index contributed by atoms with van der Waals surface area (Å²) in [6.07, 6.45) is 3.70. The molecule has 0 aliphatic heterocycles. The molecule has 114 valence electrons. The van der Waals surface area contributed by atoms with Crippen molar-refractivity contribution < 1.29 is 9.18 Å². The van der Waals surface area contributed by atoms with E-state index in [4.69, 9.17) is 11.6 Å². The number of hydrogen-bond acceptors (Lipinski definition) is 1. The van der Waals surface area contributed by atoms with Crippen LogP contribution in [0.25, 0.3) is 0 Å². The maximum absolute atomic E-state index is 13.0. The van der Waals surface area contributed by atoms with Gasteiger partial charge < -0.3 is 5.32 Å². The molecule has 0 radical (unpaired) electrons. The summed E-state index contributed by atoms with van der Waals surface area (Å²) in [7, 11) is 0. The molecule has 0 bridgehead atoms. The fourth-order valence-electron chi connectivity index (χ4n) is 3.18. The molecule has 0 heterocycles. The Morgan fingerprint density at radius 3 is 2.18 bits per heavy atom. The fourth-order valence-corrected chi connectivity index (χ4v) is 3.30. The topological polar surface area (TPSA) is 29.1 Å². The summed E-state index contributed by atoms with van der Waals surface area (Å²) < 4.78 is 13.0. The third kappa shape index (κ3) is 2.86. The molecule has 2 nitrogen and oxygen atoms in total. The Labute approximate surface area is 134 Å². The summed E-state index contributed by atoms with van der Waals surface area (Å²) in [5.74, 6) is -0.342. The Balaban J connectivity index is 1.88. The van der Waals surface area contributed by atoms with Crippen LogP contribution in [0.15, 0.2) is 48.5 Å². The molecule has 22 heavy (non-hydrogen) atoms. The Kier molecular flexibility index (Phi) is 4.16. The van der Waals surface area contributed by atoms with Crippen LogP contribution >= 0.6 is 11.6 Å². The minimum absolute atomic E-state index is 0.0288. The van der Waals surface area contributed by atoms with Crippen LogP contribution in [0.4, 0.5) is 10.1 Å². The van der Waals surface area contributed by atoms with Crippen molar-refractivity contribution in [3.63, 3.8) is 0 Å². The number of carbonyl (C=O) groups excluding carboxylic acids is 1. The predicted molar refractivity (Wildman–Crippen MR) is 86.6 cm³/mol. The van der Waals surface area contributed by atoms with Crippen molar-refractivity contribution in [1.29, 1.82) is 0 Å². The lowest BCUT2D eigenvalue weighted by Crippen LogP contribution is -2.37. The molecular formula is C18H17ClFNO. The highest BCUT2D eigenvalue weighted by molar-refractivity contribution is 6.30. The molecule has 0 atom stereocenters. The zero-order valence-corrected chi connectivity index (χ0v) is 12.9. The molecular weight excluding hydrogens is 301 g/mol. The summed E-state index contributed by atoms with van der Waals surface area (Å²) in [5.41, 5.74) is 1.10. The van der Waals surface area contributed by atoms with E-state index >= 15 is 0 Å². The summed E-state index contributed by atoms with van der Waals surface area (Å²) >= 11 is 5.95. The first-order valence-corrected chi connectivity index (χ1v) is 7.81. The molecule has 0 saturated heterocycles. The predicted octanol–water partition coefficient (Wildman–Crippen LogP) is 4.93. The lowest BCUT2D eigenvalue weighted by atomic mass is 9.78. The molecule has 0 unspecified atom stereocenters. The van der Waals surface area contributed by atoms with E-state index in [0.29, 0.717) is 10.7 Å². The Morgan fingerprint density at radius 1 is 1.00 bits per heavy atom. The number of hydrogen-bond donors (Lipinski definition) is 1. The smallest absolute Gasteiger partial charge is 0.235 e. The van der Waals surface area contributed by atoms with E-state index in [-0.39, 0.29) is 11.7 Å². The molecule has 0 spiro atoms. The maximum Gasteiger partial charge on any atom is 0.235 e. The van der Waals surface area contributed by atoms with Gasteiger partial charge in [0.2, 0.25) is 5.91 Å². The summed E-state index contributed by atoms with van der Waals surface area (Å²) in [5, 5.41) is 3.59. The number of rotatable bonds is 3. The van der Waals surface area contributed by atoms with Crippen molar-refractivity contribution in [2.24, 2.45) is 0 Å². The zero-order chi connectivity index (χ0) is 15.6. The van der Waals surface area contributed by atoms with Gasteiger partial charge in [0, 0.05) is 10.7 Å². The van der Waals surface area contributed by atoms with Crippen LogP contribution in [-0.2, 0) is 10.2 Å². The third-order valence-electron chi connectivity index (χ3n) is 4.39. The summed E-state index contributed by atoms with van der Waals surface area (Å²) in [4.78, 5) is 12.9. The number of halogens is 2. The minimum Gasteiger partial charge on any atom is -0.325 e. The first kappa shape index (κ1) is 15.0. The molecule has 2 aromatic rings. The first-order chi connectivity index (χ1) is 10.6. The van der Waals surface area contributed by atoms with Gasteiger partial charge in [-0.3, -0.25) is 4.79 Å². The lowest BCUT2D eigenvalue weighted by molar-refractivity contribution is -0.121. The number of amides is 1. The van der Waals surface area contributed by atoms with Crippen molar-refractivity contribution in [3.8, 4) is 0 Å². The number of nitrogens with one attached hydrogen (secondary N) is 1. The van der Waals surface area contributed by atoms with Crippen LogP contribution in [0.5, 0.6) is 0 Å². The van der Waals surface area contributed by atoms with E-state index in [1.807, 2.05) is 24.3 Å². The largest absolute Gasteiger partial charge is 0.325 e. The summed E-state index contributed by atoms with van der Waals surface area (Å²) in [6, 6.07) is 13.4. The molecule has 4 heteroatoms. The molecule has 1 N–H and O–H groups in total. The Bertz CT molecular complexity index is 660. The van der Waals surface area contributed by atoms with Gasteiger partial charge in [-0.25, -0.2) is 4.39 Å². The SMILES string of the molecule is O=C(Nc1ccc(F)cc1)C1(c2ccc(Cl)cc2)CCCC1. The van der Waals surface area contributed by atoms with Gasteiger partial charge in [0.1, 0.15) is 5.82 Å². The monoisotopic (exact) mass is 317 g/mol. The molecule has 1 fully saturated rings. The van der Waals surface area contributed by atoms with Crippen LogP contribution in [0, 0.1) is 5.82 Å². The molecule has 3 rings (SSSR count). The Morgan fingerprint density at radius 2 is 1.59 bits per heavy atom. The quantitative estimate of drug-likeness (QED) is 0.854. The van der Waals surface area contributed by atoms with Crippen molar-refractivity contribution >= 4 is 23.2 Å². The maximum atomic E-state index is 13.0. The molecule has 1 aliphatic carbocycles. The van der Waals surface area contributed by atoms with E-state index in [9.17, 15) is 9.18 Å². The standard InChI is InChI=1S/C18H17ClFNO/c19-14-5-3-13(4-6-14)18(11-1-2-12-18)17(22)21-16-9-7-15(20)8-10-16/h3-10H,1-2,11-12H2,(H,21,22). The average molecular weight is 318 g/mol. The van der Waals surface area contributed by atoms with Crippen LogP contribution < -0.4 is 5.32 Å². The zero-order valence-electron chi connectivity index (χ0n) is 12.1. The van der Waals surface area contributed by atoms with Crippen LogP contribution in [0.1, 0.15) is 31.2 Å². The fraction of sp³-hybridized carbons (Fsp3) is 0.278. The normalized spacial score (nSPS) is 16.5. The first-order valence-electron chi connectivity index (χ1n) is 7.43. The van der Waals surface area contributed by atoms with E-state index in [0.717, 1.165) is 31.2 Å². The minimum atomic E-state index is -0.515. The number of anilines is 1. The van der Waals surface area contributed by atoms with Gasteiger partial charge in [-0.05, 0) is 54.8 Å². The van der Waals surface area contributed by atoms with E-state index in [1.165, 1.54) is 12.1 Å². The second-order valence-electron chi connectivity index (χ2n) is 5.76. The summed E-state index contributed by atoms with van der Waals surface area (Å²) in [6.45, 7) is 0. The second kappa shape index (κ2) is 6.09. The van der Waals surface area contributed by atoms with Gasteiger partial charge in [0.15, 0.2) is 0 Å². The van der Waals surface area contributed by atoms with Crippen molar-refractivity contribution in [2.45, 2.75) is 31.1 Å². The molecule has 1 amide bonds. The van der Waals surface area contributed by atoms with Crippen molar-refractivity contribution in [1.82, 2.24) is 0 Å². The third-order valence-corrected chi connectivity index (χ3v) is 4.64. The van der Waals surface area contributed by atoms with Gasteiger partial charge >= 0.3 is 0 Å². The number of carbonyl (C=O) groups is 1. The van der Waals surface area contributed by atoms with Crippen LogP contribution in [-0.4, -0.2) is 5.91 Å². The molecule has 1 saturated carbocycles. The number of benzene rings is 2. The lowest BCUT2D eigenvalue weighted by Gasteiger charge is -2.28. The van der Waals surface area contributed by atoms with E-state index < -0.39 is 5.41 Å². The highest BCUT2D eigenvalue weighted by Crippen LogP contribution is 2.42.